The minimum absolute atomic E-state index is 0.0365. The number of benzene rings is 2. The third-order valence-corrected chi connectivity index (χ3v) is 7.76. The second kappa shape index (κ2) is 7.36. The van der Waals surface area contributed by atoms with Crippen LogP contribution in [0.1, 0.15) is 12.5 Å². The molecule has 1 N–H and O–H groups in total. The number of amides is 2. The van der Waals surface area contributed by atoms with Gasteiger partial charge in [-0.05, 0) is 48.9 Å². The van der Waals surface area contributed by atoms with Crippen LogP contribution in [0.5, 0.6) is 0 Å². The zero-order valence-corrected chi connectivity index (χ0v) is 19.2. The first kappa shape index (κ1) is 21.0. The predicted molar refractivity (Wildman–Crippen MR) is 120 cm³/mol. The molecule has 2 amide bonds. The Morgan fingerprint density at radius 1 is 1.09 bits per heavy atom. The molecule has 0 aliphatic carbocycles. The highest BCUT2D eigenvalue weighted by Gasteiger charge is 2.66. The van der Waals surface area contributed by atoms with Crippen LogP contribution in [0.15, 0.2) is 75.2 Å². The summed E-state index contributed by atoms with van der Waals surface area (Å²) in [6.45, 7) is 1.80. The van der Waals surface area contributed by atoms with Crippen molar-refractivity contribution in [2.24, 2.45) is 16.9 Å². The largest absolute Gasteiger partial charge is 0.362 e. The molecular formula is C22H18BrN3O5S. The van der Waals surface area contributed by atoms with Crippen LogP contribution in [0.3, 0.4) is 0 Å². The Morgan fingerprint density at radius 3 is 2.44 bits per heavy atom. The Labute approximate surface area is 193 Å². The van der Waals surface area contributed by atoms with Crippen LogP contribution in [-0.2, 0) is 24.3 Å². The zero-order valence-electron chi connectivity index (χ0n) is 16.8. The molecular weight excluding hydrogens is 498 g/mol. The van der Waals surface area contributed by atoms with Gasteiger partial charge in [0.1, 0.15) is 0 Å². The van der Waals surface area contributed by atoms with E-state index in [0.717, 1.165) is 14.9 Å². The molecule has 2 aromatic carbocycles. The zero-order chi connectivity index (χ0) is 22.7. The number of halogens is 1. The molecule has 3 heterocycles. The number of fused-ring (bicyclic) bond motifs is 5. The van der Waals surface area contributed by atoms with Gasteiger partial charge in [0.05, 0.1) is 40.3 Å². The number of rotatable bonds is 5. The molecule has 2 saturated heterocycles. The van der Waals surface area contributed by atoms with Crippen molar-refractivity contribution in [2.75, 3.05) is 4.90 Å². The van der Waals surface area contributed by atoms with Crippen molar-refractivity contribution in [3.63, 3.8) is 0 Å². The number of imide groups is 1. The summed E-state index contributed by atoms with van der Waals surface area (Å²) in [6.07, 6.45) is 4.65. The number of hydrogen-bond acceptors (Lipinski definition) is 6. The molecule has 4 unspecified atom stereocenters. The van der Waals surface area contributed by atoms with Gasteiger partial charge in [-0.25, -0.2) is 9.73 Å². The molecule has 2 bridgehead atoms. The van der Waals surface area contributed by atoms with Crippen LogP contribution in [-0.4, -0.2) is 38.2 Å². The first-order chi connectivity index (χ1) is 15.2. The maximum atomic E-state index is 13.0. The van der Waals surface area contributed by atoms with E-state index in [-0.39, 0.29) is 16.7 Å². The van der Waals surface area contributed by atoms with E-state index in [9.17, 15) is 18.0 Å². The first-order valence-corrected chi connectivity index (χ1v) is 12.1. The molecule has 5 rings (SSSR count). The SMILES string of the molecule is CC12C=CC(O1)C1C(=O)N(c3ccc(S(=O)(=O)N/N=C/c4ccc(Br)cc4)cc3)C(=O)C12. The monoisotopic (exact) mass is 515 g/mol. The third-order valence-electron chi connectivity index (χ3n) is 5.99. The highest BCUT2D eigenvalue weighted by Crippen LogP contribution is 2.52. The van der Waals surface area contributed by atoms with Gasteiger partial charge in [-0.3, -0.25) is 9.59 Å². The fraction of sp³-hybridized carbons (Fsp3) is 0.227. The number of sulfonamides is 1. The molecule has 10 heteroatoms. The Morgan fingerprint density at radius 2 is 1.78 bits per heavy atom. The lowest BCUT2D eigenvalue weighted by molar-refractivity contribution is -0.126. The van der Waals surface area contributed by atoms with Crippen LogP contribution in [0, 0.1) is 11.8 Å². The fourth-order valence-corrected chi connectivity index (χ4v) is 5.51. The van der Waals surface area contributed by atoms with Gasteiger partial charge in [0.15, 0.2) is 0 Å². The van der Waals surface area contributed by atoms with E-state index in [1.54, 1.807) is 19.1 Å². The van der Waals surface area contributed by atoms with Crippen molar-refractivity contribution in [1.82, 2.24) is 4.83 Å². The van der Waals surface area contributed by atoms with Gasteiger partial charge in [-0.15, -0.1) is 0 Å². The van der Waals surface area contributed by atoms with Gasteiger partial charge in [0, 0.05) is 4.47 Å². The summed E-state index contributed by atoms with van der Waals surface area (Å²) < 4.78 is 31.8. The van der Waals surface area contributed by atoms with Crippen molar-refractivity contribution in [2.45, 2.75) is 23.5 Å². The number of carbonyl (C=O) groups excluding carboxylic acids is 2. The lowest BCUT2D eigenvalue weighted by Crippen LogP contribution is -2.38. The van der Waals surface area contributed by atoms with Crippen LogP contribution in [0.2, 0.25) is 0 Å². The number of nitrogens with zero attached hydrogens (tertiary/aromatic N) is 2. The molecule has 0 aromatic heterocycles. The second-order valence-electron chi connectivity index (χ2n) is 8.04. The average Bonchev–Trinajstić information content (AvgIpc) is 3.38. The van der Waals surface area contributed by atoms with E-state index in [4.69, 9.17) is 4.74 Å². The lowest BCUT2D eigenvalue weighted by atomic mass is 9.78. The molecule has 2 fully saturated rings. The van der Waals surface area contributed by atoms with E-state index in [1.165, 1.54) is 30.5 Å². The van der Waals surface area contributed by atoms with Crippen molar-refractivity contribution < 1.29 is 22.7 Å². The summed E-state index contributed by atoms with van der Waals surface area (Å²) in [7, 11) is -3.91. The van der Waals surface area contributed by atoms with Crippen LogP contribution >= 0.6 is 15.9 Å². The van der Waals surface area contributed by atoms with E-state index in [0.29, 0.717) is 5.69 Å². The van der Waals surface area contributed by atoms with Crippen LogP contribution in [0.25, 0.3) is 0 Å². The number of hydrogen-bond donors (Lipinski definition) is 1. The number of ether oxygens (including phenoxy) is 1. The van der Waals surface area contributed by atoms with Gasteiger partial charge < -0.3 is 4.74 Å². The molecule has 32 heavy (non-hydrogen) atoms. The molecule has 0 saturated carbocycles. The quantitative estimate of drug-likeness (QED) is 0.285. The fourth-order valence-electron chi connectivity index (χ4n) is 4.45. The summed E-state index contributed by atoms with van der Waals surface area (Å²) in [6, 6.07) is 12.8. The second-order valence-corrected chi connectivity index (χ2v) is 10.6. The van der Waals surface area contributed by atoms with Crippen molar-refractivity contribution in [1.29, 1.82) is 0 Å². The normalized spacial score (nSPS) is 28.7. The summed E-state index contributed by atoms with van der Waals surface area (Å²) in [5.41, 5.74) is 0.273. The van der Waals surface area contributed by atoms with E-state index in [1.807, 2.05) is 24.3 Å². The van der Waals surface area contributed by atoms with Gasteiger partial charge >= 0.3 is 0 Å². The minimum Gasteiger partial charge on any atom is -0.362 e. The number of anilines is 1. The predicted octanol–water partition coefficient (Wildman–Crippen LogP) is 2.59. The van der Waals surface area contributed by atoms with E-state index >= 15 is 0 Å². The smallest absolute Gasteiger partial charge is 0.276 e. The molecule has 164 valence electrons. The molecule has 3 aliphatic heterocycles. The number of hydrazone groups is 1. The molecule has 0 spiro atoms. The van der Waals surface area contributed by atoms with Crippen molar-refractivity contribution >= 4 is 49.7 Å². The molecule has 4 atom stereocenters. The van der Waals surface area contributed by atoms with Crippen LogP contribution < -0.4 is 9.73 Å². The van der Waals surface area contributed by atoms with Crippen LogP contribution in [0.4, 0.5) is 5.69 Å². The van der Waals surface area contributed by atoms with Crippen molar-refractivity contribution in [3.05, 3.63) is 70.7 Å². The number of nitrogens with one attached hydrogen (secondary N) is 1. The third kappa shape index (κ3) is 3.30. The van der Waals surface area contributed by atoms with E-state index in [2.05, 4.69) is 25.9 Å². The maximum Gasteiger partial charge on any atom is 0.276 e. The molecule has 3 aliphatic rings. The average molecular weight is 516 g/mol. The Hall–Kier alpha value is -2.82. The van der Waals surface area contributed by atoms with Gasteiger partial charge in [-0.1, -0.05) is 40.2 Å². The number of carbonyl (C=O) groups is 2. The molecule has 8 nitrogen and oxygen atoms in total. The van der Waals surface area contributed by atoms with Gasteiger partial charge in [0.25, 0.3) is 10.0 Å². The maximum absolute atomic E-state index is 13.0. The highest BCUT2D eigenvalue weighted by molar-refractivity contribution is 9.10. The Kier molecular flexibility index (Phi) is 4.84. The molecule has 0 radical (unpaired) electrons. The summed E-state index contributed by atoms with van der Waals surface area (Å²) >= 11 is 3.33. The van der Waals surface area contributed by atoms with E-state index < -0.39 is 33.6 Å². The molecule has 2 aromatic rings. The first-order valence-electron chi connectivity index (χ1n) is 9.85. The summed E-state index contributed by atoms with van der Waals surface area (Å²) in [5.74, 6) is -1.77. The van der Waals surface area contributed by atoms with Crippen molar-refractivity contribution in [3.8, 4) is 0 Å². The lowest BCUT2D eigenvalue weighted by Gasteiger charge is -2.24. The Bertz CT molecular complexity index is 1270. The minimum atomic E-state index is -3.91. The summed E-state index contributed by atoms with van der Waals surface area (Å²) in [5, 5.41) is 3.80. The van der Waals surface area contributed by atoms with Gasteiger partial charge in [-0.2, -0.15) is 13.5 Å². The Balaban J connectivity index is 1.32. The summed E-state index contributed by atoms with van der Waals surface area (Å²) in [4.78, 5) is 29.2. The van der Waals surface area contributed by atoms with Gasteiger partial charge in [0.2, 0.25) is 11.8 Å². The highest BCUT2D eigenvalue weighted by atomic mass is 79.9. The standard InChI is InChI=1S/C22H18BrN3O5S/c1-22-11-10-17(31-22)18-19(22)21(28)26(20(18)27)15-6-8-16(9-7-15)32(29,30)25-24-12-13-2-4-14(23)5-3-13/h2-12,17-19,25H,1H3/b24-12+. The topological polar surface area (TPSA) is 105 Å².